The highest BCUT2D eigenvalue weighted by molar-refractivity contribution is 7.99. The van der Waals surface area contributed by atoms with Crippen LogP contribution in [0, 0.1) is 0 Å². The maximum Gasteiger partial charge on any atom is 0.243 e. The Balaban J connectivity index is 1.82. The second kappa shape index (κ2) is 13.1. The summed E-state index contributed by atoms with van der Waals surface area (Å²) in [6.07, 6.45) is 0.447. The van der Waals surface area contributed by atoms with Crippen molar-refractivity contribution in [1.29, 1.82) is 0 Å². The third-order valence-corrected chi connectivity index (χ3v) is 6.42. The fourth-order valence-electron chi connectivity index (χ4n) is 3.59. The summed E-state index contributed by atoms with van der Waals surface area (Å²) in [7, 11) is 0. The van der Waals surface area contributed by atoms with E-state index in [0.29, 0.717) is 30.3 Å². The van der Waals surface area contributed by atoms with E-state index in [-0.39, 0.29) is 11.8 Å². The summed E-state index contributed by atoms with van der Waals surface area (Å²) in [6.45, 7) is 2.71. The Bertz CT molecular complexity index is 1030. The number of carbonyl (C=O) groups excluding carboxylic acids is 2. The van der Waals surface area contributed by atoms with Crippen LogP contribution in [0.4, 0.5) is 0 Å². The molecule has 0 saturated carbocycles. The molecule has 0 aliphatic heterocycles. The van der Waals surface area contributed by atoms with Gasteiger partial charge in [0.2, 0.25) is 11.8 Å². The Hall–Kier alpha value is -2.76. The molecule has 3 aromatic rings. The molecular formula is C27H29ClN2O2S. The van der Waals surface area contributed by atoms with Crippen molar-refractivity contribution in [2.24, 2.45) is 0 Å². The van der Waals surface area contributed by atoms with Gasteiger partial charge in [-0.05, 0) is 35.7 Å². The topological polar surface area (TPSA) is 49.4 Å². The summed E-state index contributed by atoms with van der Waals surface area (Å²) < 4.78 is 0. The number of hydrogen-bond donors (Lipinski definition) is 1. The summed E-state index contributed by atoms with van der Waals surface area (Å²) in [4.78, 5) is 28.3. The number of rotatable bonds is 11. The molecule has 0 bridgehead atoms. The van der Waals surface area contributed by atoms with Crippen molar-refractivity contribution >= 4 is 35.2 Å². The van der Waals surface area contributed by atoms with Crippen LogP contribution in [0.2, 0.25) is 5.02 Å². The van der Waals surface area contributed by atoms with Gasteiger partial charge in [0.25, 0.3) is 0 Å². The zero-order valence-electron chi connectivity index (χ0n) is 18.7. The van der Waals surface area contributed by atoms with Crippen LogP contribution < -0.4 is 5.32 Å². The Kier molecular flexibility index (Phi) is 9.85. The number of carbonyl (C=O) groups is 2. The van der Waals surface area contributed by atoms with Gasteiger partial charge < -0.3 is 10.2 Å². The first-order valence-electron chi connectivity index (χ1n) is 11.0. The average Bonchev–Trinajstić information content (AvgIpc) is 2.83. The van der Waals surface area contributed by atoms with Crippen molar-refractivity contribution in [2.75, 3.05) is 12.3 Å². The van der Waals surface area contributed by atoms with Crippen LogP contribution in [0.5, 0.6) is 0 Å². The zero-order valence-corrected chi connectivity index (χ0v) is 20.3. The molecule has 0 saturated heterocycles. The van der Waals surface area contributed by atoms with E-state index >= 15 is 0 Å². The van der Waals surface area contributed by atoms with Crippen molar-refractivity contribution in [1.82, 2.24) is 10.2 Å². The first-order chi connectivity index (χ1) is 16.1. The van der Waals surface area contributed by atoms with Gasteiger partial charge in [-0.1, -0.05) is 84.4 Å². The summed E-state index contributed by atoms with van der Waals surface area (Å²) in [5, 5.41) is 3.52. The second-order valence-corrected chi connectivity index (χ2v) is 9.15. The molecule has 4 nitrogen and oxygen atoms in total. The van der Waals surface area contributed by atoms with E-state index in [4.69, 9.17) is 11.6 Å². The van der Waals surface area contributed by atoms with Crippen molar-refractivity contribution in [3.8, 4) is 0 Å². The molecule has 0 aliphatic rings. The fourth-order valence-corrected chi connectivity index (χ4v) is 4.67. The summed E-state index contributed by atoms with van der Waals surface area (Å²) in [6, 6.07) is 26.7. The summed E-state index contributed by atoms with van der Waals surface area (Å²) >= 11 is 7.75. The lowest BCUT2D eigenvalue weighted by Gasteiger charge is -2.31. The molecule has 1 unspecified atom stereocenters. The minimum absolute atomic E-state index is 0.0666. The molecule has 3 aromatic carbocycles. The number of nitrogens with zero attached hydrogens (tertiary/aromatic N) is 1. The fraction of sp³-hybridized carbons (Fsp3) is 0.259. The highest BCUT2D eigenvalue weighted by atomic mass is 35.5. The van der Waals surface area contributed by atoms with Gasteiger partial charge in [-0.25, -0.2) is 0 Å². The van der Waals surface area contributed by atoms with Crippen molar-refractivity contribution in [2.45, 2.75) is 31.7 Å². The van der Waals surface area contributed by atoms with Gasteiger partial charge in [0.15, 0.2) is 0 Å². The van der Waals surface area contributed by atoms with E-state index in [1.807, 2.05) is 85.8 Å². The first-order valence-corrected chi connectivity index (χ1v) is 12.6. The van der Waals surface area contributed by atoms with Crippen LogP contribution in [-0.4, -0.2) is 35.1 Å². The molecule has 1 N–H and O–H groups in total. The van der Waals surface area contributed by atoms with Crippen molar-refractivity contribution in [3.05, 3.63) is 107 Å². The van der Waals surface area contributed by atoms with Gasteiger partial charge in [-0.3, -0.25) is 9.59 Å². The lowest BCUT2D eigenvalue weighted by molar-refractivity contribution is -0.139. The third-order valence-electron chi connectivity index (χ3n) is 5.20. The number of nitrogens with one attached hydrogen (secondary N) is 1. The molecule has 2 amide bonds. The molecule has 6 heteroatoms. The van der Waals surface area contributed by atoms with Gasteiger partial charge >= 0.3 is 0 Å². The van der Waals surface area contributed by atoms with Gasteiger partial charge in [0.05, 0.1) is 5.75 Å². The SMILES string of the molecule is CCNC(=O)C(Cc1ccccc1)N(Cc1cccc(Cl)c1)C(=O)CSCc1ccccc1. The average molecular weight is 481 g/mol. The maximum absolute atomic E-state index is 13.5. The molecule has 0 aromatic heterocycles. The Morgan fingerprint density at radius 3 is 2.18 bits per heavy atom. The minimum atomic E-state index is -0.615. The lowest BCUT2D eigenvalue weighted by atomic mass is 10.0. The normalized spacial score (nSPS) is 11.6. The molecule has 0 fully saturated rings. The molecule has 0 spiro atoms. The van der Waals surface area contributed by atoms with E-state index in [9.17, 15) is 9.59 Å². The van der Waals surface area contributed by atoms with Crippen LogP contribution in [0.3, 0.4) is 0 Å². The van der Waals surface area contributed by atoms with E-state index in [1.54, 1.807) is 22.7 Å². The summed E-state index contributed by atoms with van der Waals surface area (Å²) in [5.74, 6) is 0.815. The lowest BCUT2D eigenvalue weighted by Crippen LogP contribution is -2.51. The molecule has 0 aliphatic carbocycles. The van der Waals surface area contributed by atoms with Gasteiger partial charge in [0.1, 0.15) is 6.04 Å². The molecule has 1 atom stereocenters. The standard InChI is InChI=1S/C27H29ClN2O2S/c1-2-29-27(32)25(17-21-10-5-3-6-11-21)30(18-23-14-9-15-24(28)16-23)26(31)20-33-19-22-12-7-4-8-13-22/h3-16,25H,2,17-20H2,1H3,(H,29,32). The van der Waals surface area contributed by atoms with Crippen LogP contribution in [-0.2, 0) is 28.3 Å². The van der Waals surface area contributed by atoms with Crippen LogP contribution in [0.15, 0.2) is 84.9 Å². The number of thioether (sulfide) groups is 1. The van der Waals surface area contributed by atoms with E-state index in [2.05, 4.69) is 5.32 Å². The molecule has 0 radical (unpaired) electrons. The summed E-state index contributed by atoms with van der Waals surface area (Å²) in [5.41, 5.74) is 3.07. The quantitative estimate of drug-likeness (QED) is 0.402. The van der Waals surface area contributed by atoms with Crippen LogP contribution in [0.25, 0.3) is 0 Å². The number of halogens is 1. The Labute approximate surface area is 205 Å². The Morgan fingerprint density at radius 2 is 1.55 bits per heavy atom. The zero-order chi connectivity index (χ0) is 23.5. The maximum atomic E-state index is 13.5. The van der Waals surface area contributed by atoms with Crippen molar-refractivity contribution < 1.29 is 9.59 Å². The predicted molar refractivity (Wildman–Crippen MR) is 137 cm³/mol. The van der Waals surface area contributed by atoms with Gasteiger partial charge in [0, 0.05) is 30.3 Å². The largest absolute Gasteiger partial charge is 0.355 e. The number of hydrogen-bond acceptors (Lipinski definition) is 3. The first kappa shape index (κ1) is 24.9. The number of likely N-dealkylation sites (N-methyl/N-ethyl adjacent to an activating group) is 1. The Morgan fingerprint density at radius 1 is 0.909 bits per heavy atom. The second-order valence-electron chi connectivity index (χ2n) is 7.73. The number of benzene rings is 3. The van der Waals surface area contributed by atoms with Gasteiger partial charge in [-0.15, -0.1) is 11.8 Å². The molecular weight excluding hydrogens is 452 g/mol. The third kappa shape index (κ3) is 7.95. The monoisotopic (exact) mass is 480 g/mol. The molecule has 0 heterocycles. The minimum Gasteiger partial charge on any atom is -0.355 e. The van der Waals surface area contributed by atoms with Crippen LogP contribution >= 0.6 is 23.4 Å². The van der Waals surface area contributed by atoms with Crippen molar-refractivity contribution in [3.63, 3.8) is 0 Å². The highest BCUT2D eigenvalue weighted by Gasteiger charge is 2.30. The van der Waals surface area contributed by atoms with E-state index in [1.165, 1.54) is 5.56 Å². The highest BCUT2D eigenvalue weighted by Crippen LogP contribution is 2.20. The van der Waals surface area contributed by atoms with Crippen LogP contribution in [0.1, 0.15) is 23.6 Å². The predicted octanol–water partition coefficient (Wildman–Crippen LogP) is 5.35. The molecule has 172 valence electrons. The smallest absolute Gasteiger partial charge is 0.243 e. The van der Waals surface area contributed by atoms with E-state index < -0.39 is 6.04 Å². The van der Waals surface area contributed by atoms with E-state index in [0.717, 1.165) is 16.9 Å². The molecule has 3 rings (SSSR count). The van der Waals surface area contributed by atoms with Gasteiger partial charge in [-0.2, -0.15) is 0 Å². The number of amides is 2. The molecule has 33 heavy (non-hydrogen) atoms.